The number of aryl methyl sites for hydroxylation is 1. The third kappa shape index (κ3) is 3.04. The van der Waals surface area contributed by atoms with Gasteiger partial charge in [0.1, 0.15) is 5.76 Å². The van der Waals surface area contributed by atoms with E-state index in [1.165, 1.54) is 11.3 Å². The van der Waals surface area contributed by atoms with E-state index >= 15 is 0 Å². The van der Waals surface area contributed by atoms with Gasteiger partial charge in [0.25, 0.3) is 5.91 Å². The van der Waals surface area contributed by atoms with Gasteiger partial charge >= 0.3 is 5.97 Å². The van der Waals surface area contributed by atoms with Crippen LogP contribution in [0.1, 0.15) is 52.0 Å². The number of aliphatic carboxylic acids is 1. The molecule has 0 saturated carbocycles. The molecule has 2 heterocycles. The van der Waals surface area contributed by atoms with Crippen molar-refractivity contribution >= 4 is 23.2 Å². The topological polar surface area (TPSA) is 92.4 Å². The second-order valence-electron chi connectivity index (χ2n) is 5.28. The van der Waals surface area contributed by atoms with Crippen LogP contribution in [0.4, 0.5) is 0 Å². The number of fused-ring (bicyclic) bond motifs is 1. The number of thiophene rings is 1. The van der Waals surface area contributed by atoms with Crippen LogP contribution in [-0.4, -0.2) is 22.1 Å². The number of nitrogens with zero attached hydrogens (tertiary/aromatic N) is 1. The summed E-state index contributed by atoms with van der Waals surface area (Å²) in [6.07, 6.45) is 3.48. The lowest BCUT2D eigenvalue weighted by molar-refractivity contribution is -0.137. The van der Waals surface area contributed by atoms with Gasteiger partial charge in [0, 0.05) is 16.9 Å². The van der Waals surface area contributed by atoms with Crippen LogP contribution < -0.4 is 5.32 Å². The summed E-state index contributed by atoms with van der Waals surface area (Å²) in [7, 11) is 0. The lowest BCUT2D eigenvalue weighted by atomic mass is 9.96. The number of carbonyl (C=O) groups is 2. The van der Waals surface area contributed by atoms with Crippen LogP contribution in [0.3, 0.4) is 0 Å². The molecule has 0 spiro atoms. The van der Waals surface area contributed by atoms with Crippen LogP contribution in [0.25, 0.3) is 0 Å². The quantitative estimate of drug-likeness (QED) is 0.883. The van der Waals surface area contributed by atoms with E-state index in [1.807, 2.05) is 17.5 Å². The van der Waals surface area contributed by atoms with E-state index in [0.717, 1.165) is 41.9 Å². The van der Waals surface area contributed by atoms with Gasteiger partial charge in [0.05, 0.1) is 12.5 Å². The van der Waals surface area contributed by atoms with Gasteiger partial charge in [-0.05, 0) is 30.7 Å². The highest BCUT2D eigenvalue weighted by molar-refractivity contribution is 7.10. The first-order valence-electron chi connectivity index (χ1n) is 7.18. The molecule has 0 saturated heterocycles. The van der Waals surface area contributed by atoms with Crippen molar-refractivity contribution in [2.24, 2.45) is 0 Å². The zero-order chi connectivity index (χ0) is 15.5. The lowest BCUT2D eigenvalue weighted by Gasteiger charge is -2.15. The minimum absolute atomic E-state index is 0.160. The van der Waals surface area contributed by atoms with E-state index in [9.17, 15) is 9.59 Å². The third-order valence-corrected chi connectivity index (χ3v) is 4.72. The summed E-state index contributed by atoms with van der Waals surface area (Å²) in [6.45, 7) is 0. The molecule has 116 valence electrons. The van der Waals surface area contributed by atoms with Crippen molar-refractivity contribution < 1.29 is 19.2 Å². The predicted molar refractivity (Wildman–Crippen MR) is 79.9 cm³/mol. The maximum absolute atomic E-state index is 12.4. The Morgan fingerprint density at radius 1 is 1.41 bits per heavy atom. The molecule has 0 fully saturated rings. The molecular weight excluding hydrogens is 304 g/mol. The van der Waals surface area contributed by atoms with Crippen molar-refractivity contribution in [2.75, 3.05) is 0 Å². The molecular formula is C15H16N2O4S. The average Bonchev–Trinajstić information content (AvgIpc) is 3.15. The van der Waals surface area contributed by atoms with Crippen molar-refractivity contribution in [1.29, 1.82) is 0 Å². The number of carbonyl (C=O) groups excluding carboxylic acids is 1. The molecule has 0 aromatic carbocycles. The van der Waals surface area contributed by atoms with Gasteiger partial charge < -0.3 is 14.9 Å². The van der Waals surface area contributed by atoms with Gasteiger partial charge in [-0.15, -0.1) is 11.3 Å². The van der Waals surface area contributed by atoms with E-state index in [4.69, 9.17) is 9.63 Å². The first kappa shape index (κ1) is 14.8. The Labute approximate surface area is 131 Å². The number of carboxylic acid groups (broad SMARTS) is 1. The molecule has 0 aliphatic heterocycles. The van der Waals surface area contributed by atoms with Gasteiger partial charge in [0.2, 0.25) is 0 Å². The van der Waals surface area contributed by atoms with Gasteiger partial charge in [-0.1, -0.05) is 11.2 Å². The van der Waals surface area contributed by atoms with Crippen LogP contribution in [0.5, 0.6) is 0 Å². The second-order valence-corrected chi connectivity index (χ2v) is 6.26. The van der Waals surface area contributed by atoms with Gasteiger partial charge in [-0.25, -0.2) is 0 Å². The smallest absolute Gasteiger partial charge is 0.305 e. The number of hydrogen-bond acceptors (Lipinski definition) is 5. The Kier molecular flexibility index (Phi) is 4.24. The van der Waals surface area contributed by atoms with Crippen molar-refractivity contribution in [3.63, 3.8) is 0 Å². The molecule has 0 bridgehead atoms. The predicted octanol–water partition coefficient (Wildman–Crippen LogP) is 2.56. The fourth-order valence-electron chi connectivity index (χ4n) is 2.68. The minimum atomic E-state index is -0.958. The maximum Gasteiger partial charge on any atom is 0.305 e. The Morgan fingerprint density at radius 3 is 2.95 bits per heavy atom. The molecule has 6 nitrogen and oxygen atoms in total. The Morgan fingerprint density at radius 2 is 2.23 bits per heavy atom. The molecule has 3 rings (SSSR count). The highest BCUT2D eigenvalue weighted by Gasteiger charge is 2.27. The SMILES string of the molecule is O=C(O)CC(NC(=O)c1noc2c1CCCC2)c1cccs1. The fraction of sp³-hybridized carbons (Fsp3) is 0.400. The van der Waals surface area contributed by atoms with Crippen LogP contribution in [-0.2, 0) is 17.6 Å². The lowest BCUT2D eigenvalue weighted by Crippen LogP contribution is -2.30. The average molecular weight is 320 g/mol. The normalized spacial score (nSPS) is 15.1. The highest BCUT2D eigenvalue weighted by atomic mass is 32.1. The molecule has 0 radical (unpaired) electrons. The largest absolute Gasteiger partial charge is 0.481 e. The maximum atomic E-state index is 12.4. The summed E-state index contributed by atoms with van der Waals surface area (Å²) >= 11 is 1.42. The van der Waals surface area contributed by atoms with Crippen molar-refractivity contribution in [2.45, 2.75) is 38.1 Å². The van der Waals surface area contributed by atoms with E-state index in [2.05, 4.69) is 10.5 Å². The van der Waals surface area contributed by atoms with Crippen LogP contribution in [0, 0.1) is 0 Å². The number of carboxylic acids is 1. The van der Waals surface area contributed by atoms with Crippen LogP contribution in [0.15, 0.2) is 22.0 Å². The number of amides is 1. The zero-order valence-electron chi connectivity index (χ0n) is 11.9. The van der Waals surface area contributed by atoms with Crippen LogP contribution >= 0.6 is 11.3 Å². The van der Waals surface area contributed by atoms with Crippen LogP contribution in [0.2, 0.25) is 0 Å². The minimum Gasteiger partial charge on any atom is -0.481 e. The summed E-state index contributed by atoms with van der Waals surface area (Å²) in [6, 6.07) is 3.09. The second kappa shape index (κ2) is 6.31. The molecule has 22 heavy (non-hydrogen) atoms. The van der Waals surface area contributed by atoms with E-state index in [-0.39, 0.29) is 12.3 Å². The molecule has 1 unspecified atom stereocenters. The molecule has 1 aliphatic carbocycles. The summed E-state index contributed by atoms with van der Waals surface area (Å²) < 4.78 is 5.24. The summed E-state index contributed by atoms with van der Waals surface area (Å²) in [4.78, 5) is 24.3. The summed E-state index contributed by atoms with van der Waals surface area (Å²) in [5.41, 5.74) is 1.16. The zero-order valence-corrected chi connectivity index (χ0v) is 12.7. The number of nitrogens with one attached hydrogen (secondary N) is 1. The fourth-order valence-corrected chi connectivity index (χ4v) is 3.45. The molecule has 1 amide bonds. The van der Waals surface area contributed by atoms with Gasteiger partial charge in [0.15, 0.2) is 5.69 Å². The number of rotatable bonds is 5. The standard InChI is InChI=1S/C15H16N2O4S/c18-13(19)8-10(12-6-3-7-22-12)16-15(20)14-9-4-1-2-5-11(9)21-17-14/h3,6-7,10H,1-2,4-5,8H2,(H,16,20)(H,18,19). The Bertz CT molecular complexity index is 678. The first-order valence-corrected chi connectivity index (χ1v) is 8.06. The van der Waals surface area contributed by atoms with E-state index in [0.29, 0.717) is 5.69 Å². The molecule has 7 heteroatoms. The number of hydrogen-bond donors (Lipinski definition) is 2. The molecule has 2 aromatic heterocycles. The summed E-state index contributed by atoms with van der Waals surface area (Å²) in [5, 5.41) is 17.5. The Hall–Kier alpha value is -2.15. The Balaban J connectivity index is 1.79. The van der Waals surface area contributed by atoms with Crippen molar-refractivity contribution in [1.82, 2.24) is 10.5 Å². The molecule has 2 aromatic rings. The monoisotopic (exact) mass is 320 g/mol. The highest BCUT2D eigenvalue weighted by Crippen LogP contribution is 2.26. The third-order valence-electron chi connectivity index (χ3n) is 3.74. The number of aromatic nitrogens is 1. The van der Waals surface area contributed by atoms with E-state index in [1.54, 1.807) is 0 Å². The molecule has 2 N–H and O–H groups in total. The van der Waals surface area contributed by atoms with Crippen molar-refractivity contribution in [3.05, 3.63) is 39.4 Å². The molecule has 1 aliphatic rings. The van der Waals surface area contributed by atoms with Crippen molar-refractivity contribution in [3.8, 4) is 0 Å². The summed E-state index contributed by atoms with van der Waals surface area (Å²) in [5.74, 6) is -0.547. The van der Waals surface area contributed by atoms with E-state index < -0.39 is 12.0 Å². The van der Waals surface area contributed by atoms with Gasteiger partial charge in [-0.3, -0.25) is 9.59 Å². The first-order chi connectivity index (χ1) is 10.6. The molecule has 1 atom stereocenters. The van der Waals surface area contributed by atoms with Gasteiger partial charge in [-0.2, -0.15) is 0 Å².